The van der Waals surface area contributed by atoms with Crippen molar-refractivity contribution in [2.75, 3.05) is 0 Å². The van der Waals surface area contributed by atoms with Gasteiger partial charge in [0.05, 0.1) is 12.0 Å². The van der Waals surface area contributed by atoms with E-state index in [2.05, 4.69) is 0 Å². The minimum atomic E-state index is -1.27. The van der Waals surface area contributed by atoms with Crippen LogP contribution in [-0.4, -0.2) is 16.7 Å². The van der Waals surface area contributed by atoms with Crippen molar-refractivity contribution in [3.8, 4) is 0 Å². The average molecular weight is 289 g/mol. The summed E-state index contributed by atoms with van der Waals surface area (Å²) < 4.78 is 18.8. The Kier molecular flexibility index (Phi) is 4.93. The minimum absolute atomic E-state index is 0.0303. The summed E-state index contributed by atoms with van der Waals surface area (Å²) in [5.41, 5.74) is -0.619. The average Bonchev–Trinajstić information content (AvgIpc) is 2.24. The molecule has 1 aromatic rings. The van der Waals surface area contributed by atoms with E-state index < -0.39 is 29.4 Å². The maximum Gasteiger partial charge on any atom is 0.312 e. The van der Waals surface area contributed by atoms with Crippen LogP contribution in [0.4, 0.5) is 4.39 Å². The van der Waals surface area contributed by atoms with Gasteiger partial charge in [-0.25, -0.2) is 4.39 Å². The third-order valence-corrected chi connectivity index (χ3v) is 2.77. The standard InChI is InChI=1S/C14H18ClFO3/c1-8(13(18)19-14(2,3)4)12(17)10-6-5-9(15)7-11(10)16/h5-8,12,17H,1-4H3. The van der Waals surface area contributed by atoms with Gasteiger partial charge < -0.3 is 9.84 Å². The molecule has 0 aliphatic heterocycles. The lowest BCUT2D eigenvalue weighted by molar-refractivity contribution is -0.163. The maximum atomic E-state index is 13.7. The van der Waals surface area contributed by atoms with E-state index in [0.717, 1.165) is 6.07 Å². The lowest BCUT2D eigenvalue weighted by Gasteiger charge is -2.24. The summed E-state index contributed by atoms with van der Waals surface area (Å²) in [6.07, 6.45) is -1.27. The van der Waals surface area contributed by atoms with Crippen LogP contribution >= 0.6 is 11.6 Å². The molecule has 0 aliphatic rings. The van der Waals surface area contributed by atoms with Crippen molar-refractivity contribution in [2.45, 2.75) is 39.4 Å². The Labute approximate surface area is 117 Å². The summed E-state index contributed by atoms with van der Waals surface area (Å²) >= 11 is 5.64. The van der Waals surface area contributed by atoms with Gasteiger partial charge in [0.1, 0.15) is 11.4 Å². The highest BCUT2D eigenvalue weighted by Gasteiger charge is 2.29. The second kappa shape index (κ2) is 5.88. The van der Waals surface area contributed by atoms with Gasteiger partial charge in [-0.1, -0.05) is 17.7 Å². The molecule has 0 heterocycles. The molecule has 0 fully saturated rings. The molecule has 106 valence electrons. The molecule has 19 heavy (non-hydrogen) atoms. The molecular formula is C14H18ClFO3. The number of benzene rings is 1. The van der Waals surface area contributed by atoms with Crippen LogP contribution in [0.25, 0.3) is 0 Å². The molecule has 0 aromatic heterocycles. The number of hydrogen-bond acceptors (Lipinski definition) is 3. The summed E-state index contributed by atoms with van der Waals surface area (Å²) in [5.74, 6) is -2.08. The molecule has 1 N–H and O–H groups in total. The van der Waals surface area contributed by atoms with Gasteiger partial charge in [-0.15, -0.1) is 0 Å². The summed E-state index contributed by atoms with van der Waals surface area (Å²) in [6, 6.07) is 3.93. The fourth-order valence-electron chi connectivity index (χ4n) is 1.53. The smallest absolute Gasteiger partial charge is 0.312 e. The number of carbonyl (C=O) groups excluding carboxylic acids is 1. The third-order valence-electron chi connectivity index (χ3n) is 2.53. The largest absolute Gasteiger partial charge is 0.460 e. The van der Waals surface area contributed by atoms with Crippen LogP contribution in [0.5, 0.6) is 0 Å². The molecule has 1 aromatic carbocycles. The number of carbonyl (C=O) groups is 1. The fraction of sp³-hybridized carbons (Fsp3) is 0.500. The predicted octanol–water partition coefficient (Wildman–Crippen LogP) is 3.49. The first-order valence-corrected chi connectivity index (χ1v) is 6.35. The first kappa shape index (κ1) is 15.9. The van der Waals surface area contributed by atoms with Crippen LogP contribution in [0.1, 0.15) is 39.4 Å². The second-order valence-corrected chi connectivity index (χ2v) is 5.87. The van der Waals surface area contributed by atoms with Crippen LogP contribution in [0.3, 0.4) is 0 Å². The number of rotatable bonds is 3. The van der Waals surface area contributed by atoms with Crippen LogP contribution in [0.2, 0.25) is 5.02 Å². The topological polar surface area (TPSA) is 46.5 Å². The van der Waals surface area contributed by atoms with E-state index in [1.54, 1.807) is 20.8 Å². The Bertz CT molecular complexity index is 468. The first-order chi connectivity index (χ1) is 8.61. The Balaban J connectivity index is 2.87. The Hall–Kier alpha value is -1.13. The van der Waals surface area contributed by atoms with Crippen LogP contribution in [0, 0.1) is 11.7 Å². The van der Waals surface area contributed by atoms with Gasteiger partial charge in [0.15, 0.2) is 0 Å². The van der Waals surface area contributed by atoms with E-state index >= 15 is 0 Å². The lowest BCUT2D eigenvalue weighted by Crippen LogP contribution is -2.30. The summed E-state index contributed by atoms with van der Waals surface area (Å²) in [4.78, 5) is 11.8. The summed E-state index contributed by atoms with van der Waals surface area (Å²) in [5, 5.41) is 10.3. The third kappa shape index (κ3) is 4.48. The number of aliphatic hydroxyl groups is 1. The molecule has 0 amide bonds. The maximum absolute atomic E-state index is 13.7. The van der Waals surface area contributed by atoms with Gasteiger partial charge in [-0.05, 0) is 39.8 Å². The molecule has 2 atom stereocenters. The molecular weight excluding hydrogens is 271 g/mol. The number of aliphatic hydroxyl groups excluding tert-OH is 1. The zero-order valence-corrected chi connectivity index (χ0v) is 12.2. The van der Waals surface area contributed by atoms with E-state index in [0.29, 0.717) is 0 Å². The predicted molar refractivity (Wildman–Crippen MR) is 71.4 cm³/mol. The fourth-order valence-corrected chi connectivity index (χ4v) is 1.69. The van der Waals surface area contributed by atoms with Gasteiger partial charge >= 0.3 is 5.97 Å². The molecule has 0 saturated carbocycles. The highest BCUT2D eigenvalue weighted by atomic mass is 35.5. The zero-order valence-electron chi connectivity index (χ0n) is 11.4. The van der Waals surface area contributed by atoms with Gasteiger partial charge in [-0.3, -0.25) is 4.79 Å². The number of esters is 1. The van der Waals surface area contributed by atoms with Crippen molar-refractivity contribution >= 4 is 17.6 Å². The monoisotopic (exact) mass is 288 g/mol. The second-order valence-electron chi connectivity index (χ2n) is 5.43. The van der Waals surface area contributed by atoms with Crippen molar-refractivity contribution in [3.63, 3.8) is 0 Å². The minimum Gasteiger partial charge on any atom is -0.460 e. The molecule has 1 rings (SSSR count). The number of hydrogen-bond donors (Lipinski definition) is 1. The van der Waals surface area contributed by atoms with Gasteiger partial charge in [0, 0.05) is 10.6 Å². The van der Waals surface area contributed by atoms with Crippen molar-refractivity contribution in [1.82, 2.24) is 0 Å². The normalized spacial score (nSPS) is 14.9. The number of ether oxygens (including phenoxy) is 1. The van der Waals surface area contributed by atoms with Crippen molar-refractivity contribution in [1.29, 1.82) is 0 Å². The van der Waals surface area contributed by atoms with Gasteiger partial charge in [0.2, 0.25) is 0 Å². The van der Waals surface area contributed by atoms with Crippen LogP contribution < -0.4 is 0 Å². The Morgan fingerprint density at radius 2 is 2.00 bits per heavy atom. The SMILES string of the molecule is CC(C(=O)OC(C)(C)C)C(O)c1ccc(Cl)cc1F. The number of halogens is 2. The highest BCUT2D eigenvalue weighted by molar-refractivity contribution is 6.30. The quantitative estimate of drug-likeness (QED) is 0.866. The summed E-state index contributed by atoms with van der Waals surface area (Å²) in [7, 11) is 0. The molecule has 0 bridgehead atoms. The summed E-state index contributed by atoms with van der Waals surface area (Å²) in [6.45, 7) is 6.68. The van der Waals surface area contributed by atoms with Crippen LogP contribution in [0.15, 0.2) is 18.2 Å². The van der Waals surface area contributed by atoms with E-state index in [4.69, 9.17) is 16.3 Å². The Morgan fingerprint density at radius 1 is 1.42 bits per heavy atom. The first-order valence-electron chi connectivity index (χ1n) is 5.97. The highest BCUT2D eigenvalue weighted by Crippen LogP contribution is 2.28. The van der Waals surface area contributed by atoms with E-state index in [-0.39, 0.29) is 10.6 Å². The molecule has 0 spiro atoms. The molecule has 0 radical (unpaired) electrons. The molecule has 0 saturated heterocycles. The van der Waals surface area contributed by atoms with Crippen molar-refractivity contribution in [2.24, 2.45) is 5.92 Å². The van der Waals surface area contributed by atoms with E-state index in [9.17, 15) is 14.3 Å². The molecule has 0 aliphatic carbocycles. The zero-order chi connectivity index (χ0) is 14.8. The van der Waals surface area contributed by atoms with E-state index in [1.165, 1.54) is 19.1 Å². The van der Waals surface area contributed by atoms with Gasteiger partial charge in [0.25, 0.3) is 0 Å². The van der Waals surface area contributed by atoms with E-state index in [1.807, 2.05) is 0 Å². The molecule has 2 unspecified atom stereocenters. The molecule has 5 heteroatoms. The van der Waals surface area contributed by atoms with Crippen molar-refractivity contribution in [3.05, 3.63) is 34.6 Å². The van der Waals surface area contributed by atoms with Crippen LogP contribution in [-0.2, 0) is 9.53 Å². The Morgan fingerprint density at radius 3 is 2.47 bits per heavy atom. The molecule has 3 nitrogen and oxygen atoms in total. The van der Waals surface area contributed by atoms with Gasteiger partial charge in [-0.2, -0.15) is 0 Å². The van der Waals surface area contributed by atoms with Crippen molar-refractivity contribution < 1.29 is 19.0 Å². The lowest BCUT2D eigenvalue weighted by atomic mass is 9.97.